The third kappa shape index (κ3) is 5.43. The normalized spacial score (nSPS) is 16.9. The molecule has 0 aliphatic heterocycles. The van der Waals surface area contributed by atoms with E-state index < -0.39 is 11.8 Å². The molecule has 1 N–H and O–H groups in total. The molecule has 3 nitrogen and oxygen atoms in total. The number of halogens is 2. The summed E-state index contributed by atoms with van der Waals surface area (Å²) in [5.41, 5.74) is 4.23. The highest BCUT2D eigenvalue weighted by molar-refractivity contribution is 9.10. The fourth-order valence-corrected chi connectivity index (χ4v) is 5.12. The highest BCUT2D eigenvalue weighted by Crippen LogP contribution is 2.50. The fraction of sp³-hybridized carbons (Fsp3) is 0.444. The van der Waals surface area contributed by atoms with E-state index in [9.17, 15) is 14.3 Å². The van der Waals surface area contributed by atoms with Crippen LogP contribution in [-0.2, 0) is 10.2 Å². The van der Waals surface area contributed by atoms with Crippen LogP contribution in [0.3, 0.4) is 0 Å². The van der Waals surface area contributed by atoms with E-state index in [2.05, 4.69) is 49.7 Å². The molecule has 2 rings (SSSR count). The van der Waals surface area contributed by atoms with E-state index >= 15 is 0 Å². The summed E-state index contributed by atoms with van der Waals surface area (Å²) in [7, 11) is 0. The fourth-order valence-electron chi connectivity index (χ4n) is 4.06. The number of carboxylic acid groups (broad SMARTS) is 1. The molecule has 0 aromatic heterocycles. The lowest BCUT2D eigenvalue weighted by Crippen LogP contribution is -2.25. The van der Waals surface area contributed by atoms with Gasteiger partial charge in [-0.05, 0) is 95.8 Å². The molecule has 1 aromatic carbocycles. The second-order valence-corrected chi connectivity index (χ2v) is 10.2. The first-order valence-corrected chi connectivity index (χ1v) is 11.8. The number of ether oxygens (including phenoxy) is 1. The molecule has 1 aliphatic carbocycles. The number of fused-ring (bicyclic) bond motifs is 1. The molecule has 0 heterocycles. The topological polar surface area (TPSA) is 46.5 Å². The number of carbonyl (C=O) groups is 1. The second-order valence-electron chi connectivity index (χ2n) is 9.43. The molecule has 1 aliphatic rings. The zero-order valence-corrected chi connectivity index (χ0v) is 21.9. The number of hydrogen-bond donors (Lipinski definition) is 1. The molecule has 0 saturated heterocycles. The van der Waals surface area contributed by atoms with Crippen LogP contribution in [0.1, 0.15) is 78.5 Å². The Morgan fingerprint density at radius 2 is 1.88 bits per heavy atom. The Bertz CT molecular complexity index is 1020. The van der Waals surface area contributed by atoms with Gasteiger partial charge in [-0.25, -0.2) is 9.18 Å². The summed E-state index contributed by atoms with van der Waals surface area (Å²) >= 11 is 3.78. The first-order valence-electron chi connectivity index (χ1n) is 11.0. The van der Waals surface area contributed by atoms with Crippen LogP contribution in [0.15, 0.2) is 46.2 Å². The Morgan fingerprint density at radius 1 is 1.25 bits per heavy atom. The Kier molecular flexibility index (Phi) is 8.33. The van der Waals surface area contributed by atoms with Crippen molar-refractivity contribution in [2.45, 2.75) is 73.3 Å². The molecule has 0 radical (unpaired) electrons. The maximum absolute atomic E-state index is 13.7. The van der Waals surface area contributed by atoms with Gasteiger partial charge in [0, 0.05) is 5.56 Å². The SMILES string of the molecule is CC=C(F)C=CC(C)=C(C(=O)O)c1cc2c(c(Br)c1OC(C)C)C(C)(C)CC=C2C(C)C. The lowest BCUT2D eigenvalue weighted by molar-refractivity contribution is -0.130. The minimum absolute atomic E-state index is 0.0933. The third-order valence-corrected chi connectivity index (χ3v) is 6.42. The van der Waals surface area contributed by atoms with Crippen molar-refractivity contribution in [3.8, 4) is 5.75 Å². The van der Waals surface area contributed by atoms with Crippen LogP contribution in [0, 0.1) is 5.92 Å². The van der Waals surface area contributed by atoms with Gasteiger partial charge in [0.2, 0.25) is 0 Å². The van der Waals surface area contributed by atoms with Crippen LogP contribution in [0.4, 0.5) is 4.39 Å². The van der Waals surface area contributed by atoms with Gasteiger partial charge >= 0.3 is 5.97 Å². The lowest BCUT2D eigenvalue weighted by Gasteiger charge is -2.36. The minimum atomic E-state index is -1.08. The smallest absolute Gasteiger partial charge is 0.336 e. The highest BCUT2D eigenvalue weighted by Gasteiger charge is 2.35. The maximum atomic E-state index is 13.7. The van der Waals surface area contributed by atoms with Gasteiger partial charge in [0.15, 0.2) is 0 Å². The standard InChI is InChI=1S/C27H34BrFO3/c1-9-18(29)11-10-17(6)22(26(30)31)21-14-20-19(15(2)3)12-13-27(7,8)23(20)24(28)25(21)32-16(4)5/h9-12,14-16H,13H2,1-8H3,(H,30,31). The zero-order chi connectivity index (χ0) is 24.4. The van der Waals surface area contributed by atoms with E-state index in [1.54, 1.807) is 13.8 Å². The average molecular weight is 505 g/mol. The Labute approximate surface area is 199 Å². The van der Waals surface area contributed by atoms with E-state index in [4.69, 9.17) is 4.74 Å². The summed E-state index contributed by atoms with van der Waals surface area (Å²) in [6, 6.07) is 1.94. The summed E-state index contributed by atoms with van der Waals surface area (Å²) in [6.07, 6.45) is 7.09. The van der Waals surface area contributed by atoms with Crippen molar-refractivity contribution in [2.24, 2.45) is 5.92 Å². The molecule has 0 saturated carbocycles. The van der Waals surface area contributed by atoms with E-state index in [1.165, 1.54) is 23.8 Å². The monoisotopic (exact) mass is 504 g/mol. The van der Waals surface area contributed by atoms with Crippen molar-refractivity contribution in [1.82, 2.24) is 0 Å². The van der Waals surface area contributed by atoms with E-state index in [-0.39, 0.29) is 23.0 Å². The van der Waals surface area contributed by atoms with E-state index in [0.717, 1.165) is 22.0 Å². The number of aliphatic carboxylic acids is 1. The number of allylic oxidation sites excluding steroid dienone is 7. The number of hydrogen-bond acceptors (Lipinski definition) is 2. The Morgan fingerprint density at radius 3 is 2.38 bits per heavy atom. The molecule has 0 atom stereocenters. The molecular weight excluding hydrogens is 471 g/mol. The number of rotatable bonds is 7. The quantitative estimate of drug-likeness (QED) is 0.300. The maximum Gasteiger partial charge on any atom is 0.336 e. The van der Waals surface area contributed by atoms with Gasteiger partial charge in [-0.1, -0.05) is 45.9 Å². The molecule has 32 heavy (non-hydrogen) atoms. The van der Waals surface area contributed by atoms with Gasteiger partial charge in [0.05, 0.1) is 16.1 Å². The first kappa shape index (κ1) is 26.1. The Balaban J connectivity index is 2.97. The number of benzene rings is 1. The average Bonchev–Trinajstić information content (AvgIpc) is 2.67. The van der Waals surface area contributed by atoms with Crippen LogP contribution in [0.2, 0.25) is 0 Å². The summed E-state index contributed by atoms with van der Waals surface area (Å²) in [5, 5.41) is 10.2. The molecular formula is C27H34BrFO3. The largest absolute Gasteiger partial charge is 0.489 e. The van der Waals surface area contributed by atoms with Gasteiger partial charge in [-0.15, -0.1) is 0 Å². The summed E-state index contributed by atoms with van der Waals surface area (Å²) in [5.74, 6) is -0.721. The molecule has 5 heteroatoms. The van der Waals surface area contributed by atoms with Gasteiger partial charge in [0.25, 0.3) is 0 Å². The van der Waals surface area contributed by atoms with Crippen molar-refractivity contribution in [3.63, 3.8) is 0 Å². The van der Waals surface area contributed by atoms with Crippen molar-refractivity contribution >= 4 is 33.0 Å². The van der Waals surface area contributed by atoms with Crippen molar-refractivity contribution < 1.29 is 19.0 Å². The zero-order valence-electron chi connectivity index (χ0n) is 20.3. The molecule has 0 spiro atoms. The second kappa shape index (κ2) is 10.2. The van der Waals surface area contributed by atoms with Crippen LogP contribution in [-0.4, -0.2) is 17.2 Å². The molecule has 0 amide bonds. The predicted molar refractivity (Wildman–Crippen MR) is 135 cm³/mol. The first-order chi connectivity index (χ1) is 14.8. The molecule has 0 bridgehead atoms. The van der Waals surface area contributed by atoms with Gasteiger partial charge in [-0.3, -0.25) is 0 Å². The van der Waals surface area contributed by atoms with Crippen molar-refractivity contribution in [2.75, 3.05) is 0 Å². The van der Waals surface area contributed by atoms with Gasteiger partial charge in [-0.2, -0.15) is 0 Å². The summed E-state index contributed by atoms with van der Waals surface area (Å²) < 4.78 is 20.7. The van der Waals surface area contributed by atoms with Crippen LogP contribution < -0.4 is 4.74 Å². The van der Waals surface area contributed by atoms with Gasteiger partial charge < -0.3 is 9.84 Å². The van der Waals surface area contributed by atoms with Gasteiger partial charge in [0.1, 0.15) is 11.6 Å². The third-order valence-electron chi connectivity index (χ3n) is 5.66. The summed E-state index contributed by atoms with van der Waals surface area (Å²) in [4.78, 5) is 12.4. The minimum Gasteiger partial charge on any atom is -0.489 e. The number of carboxylic acids is 1. The van der Waals surface area contributed by atoms with E-state index in [0.29, 0.717) is 16.9 Å². The van der Waals surface area contributed by atoms with Crippen LogP contribution >= 0.6 is 15.9 Å². The molecule has 1 aromatic rings. The molecule has 174 valence electrons. The molecule has 0 fully saturated rings. The van der Waals surface area contributed by atoms with Crippen molar-refractivity contribution in [3.05, 3.63) is 62.9 Å². The van der Waals surface area contributed by atoms with Crippen molar-refractivity contribution in [1.29, 1.82) is 0 Å². The summed E-state index contributed by atoms with van der Waals surface area (Å²) in [6.45, 7) is 15.8. The van der Waals surface area contributed by atoms with E-state index in [1.807, 2.05) is 19.9 Å². The highest BCUT2D eigenvalue weighted by atomic mass is 79.9. The lowest BCUT2D eigenvalue weighted by atomic mass is 9.70. The predicted octanol–water partition coefficient (Wildman–Crippen LogP) is 8.24. The van der Waals surface area contributed by atoms with Crippen LogP contribution in [0.5, 0.6) is 5.75 Å². The molecule has 0 unspecified atom stereocenters. The van der Waals surface area contributed by atoms with Crippen LogP contribution in [0.25, 0.3) is 11.1 Å². The Hall–Kier alpha value is -2.14.